The first-order valence-corrected chi connectivity index (χ1v) is 8.40. The molecule has 0 unspecified atom stereocenters. The van der Waals surface area contributed by atoms with Gasteiger partial charge in [0.2, 0.25) is 5.88 Å². The highest BCUT2D eigenvalue weighted by Gasteiger charge is 2.16. The Morgan fingerprint density at radius 1 is 0.920 bits per heavy atom. The Morgan fingerprint density at radius 3 is 2.44 bits per heavy atom. The first kappa shape index (κ1) is 15.6. The molecule has 126 valence electrons. The van der Waals surface area contributed by atoms with Crippen LogP contribution in [0.1, 0.15) is 12.0 Å². The molecular formula is C20H20N4O. The van der Waals surface area contributed by atoms with Crippen molar-refractivity contribution < 1.29 is 4.74 Å². The van der Waals surface area contributed by atoms with Crippen molar-refractivity contribution in [2.75, 3.05) is 25.6 Å². The van der Waals surface area contributed by atoms with E-state index in [1.54, 1.807) is 13.3 Å². The van der Waals surface area contributed by atoms with Crippen molar-refractivity contribution in [1.29, 1.82) is 0 Å². The van der Waals surface area contributed by atoms with Gasteiger partial charge in [-0.3, -0.25) is 4.98 Å². The number of anilines is 1. The fourth-order valence-electron chi connectivity index (χ4n) is 3.23. The van der Waals surface area contributed by atoms with Gasteiger partial charge >= 0.3 is 0 Å². The van der Waals surface area contributed by atoms with Crippen molar-refractivity contribution in [2.24, 2.45) is 0 Å². The van der Waals surface area contributed by atoms with Crippen molar-refractivity contribution in [1.82, 2.24) is 15.0 Å². The van der Waals surface area contributed by atoms with E-state index < -0.39 is 0 Å². The Bertz CT molecular complexity index is 892. The number of hydrogen-bond acceptors (Lipinski definition) is 5. The molecule has 0 fully saturated rings. The summed E-state index contributed by atoms with van der Waals surface area (Å²) in [5.41, 5.74) is 5.52. The predicted molar refractivity (Wildman–Crippen MR) is 98.8 cm³/mol. The van der Waals surface area contributed by atoms with Gasteiger partial charge in [0, 0.05) is 66.7 Å². The zero-order valence-corrected chi connectivity index (χ0v) is 14.4. The number of methoxy groups -OCH3 is 1. The molecule has 0 atom stereocenters. The van der Waals surface area contributed by atoms with Crippen LogP contribution in [0.25, 0.3) is 22.3 Å². The molecule has 0 spiro atoms. The van der Waals surface area contributed by atoms with Crippen molar-refractivity contribution >= 4 is 5.82 Å². The normalized spacial score (nSPS) is 13.4. The predicted octanol–water partition coefficient (Wildman–Crippen LogP) is 3.60. The summed E-state index contributed by atoms with van der Waals surface area (Å²) in [6.45, 7) is 1.07. The molecule has 0 amide bonds. The number of pyridine rings is 3. The molecule has 1 aliphatic heterocycles. The minimum Gasteiger partial charge on any atom is -0.481 e. The second-order valence-corrected chi connectivity index (χ2v) is 6.28. The Hall–Kier alpha value is -2.95. The molecule has 3 aromatic heterocycles. The highest BCUT2D eigenvalue weighted by Crippen LogP contribution is 2.30. The van der Waals surface area contributed by atoms with Gasteiger partial charge in [0.25, 0.3) is 0 Å². The first-order valence-electron chi connectivity index (χ1n) is 8.40. The van der Waals surface area contributed by atoms with Crippen LogP contribution in [-0.4, -0.2) is 35.7 Å². The van der Waals surface area contributed by atoms with Gasteiger partial charge < -0.3 is 9.64 Å². The Morgan fingerprint density at radius 2 is 1.68 bits per heavy atom. The van der Waals surface area contributed by atoms with E-state index in [1.807, 2.05) is 30.7 Å². The van der Waals surface area contributed by atoms with Crippen LogP contribution in [0.5, 0.6) is 5.88 Å². The van der Waals surface area contributed by atoms with E-state index >= 15 is 0 Å². The molecule has 0 saturated heterocycles. The zero-order valence-electron chi connectivity index (χ0n) is 14.4. The topological polar surface area (TPSA) is 51.1 Å². The molecule has 1 aliphatic rings. The number of aryl methyl sites for hydroxylation is 1. The highest BCUT2D eigenvalue weighted by atomic mass is 16.5. The maximum atomic E-state index is 5.12. The van der Waals surface area contributed by atoms with Crippen molar-refractivity contribution in [3.8, 4) is 28.1 Å². The minimum absolute atomic E-state index is 0.607. The number of ether oxygens (including phenoxy) is 1. The fourth-order valence-corrected chi connectivity index (χ4v) is 3.23. The van der Waals surface area contributed by atoms with Gasteiger partial charge in [0.1, 0.15) is 5.82 Å². The molecule has 0 bridgehead atoms. The Kier molecular flexibility index (Phi) is 4.06. The monoisotopic (exact) mass is 332 g/mol. The molecule has 0 N–H and O–H groups in total. The molecule has 25 heavy (non-hydrogen) atoms. The molecule has 0 saturated carbocycles. The number of fused-ring (bicyclic) bond motifs is 1. The van der Waals surface area contributed by atoms with Gasteiger partial charge in [-0.25, -0.2) is 9.97 Å². The van der Waals surface area contributed by atoms with Crippen LogP contribution in [0.2, 0.25) is 0 Å². The summed E-state index contributed by atoms with van der Waals surface area (Å²) in [5.74, 6) is 1.70. The average Bonchev–Trinajstić information content (AvgIpc) is 2.68. The van der Waals surface area contributed by atoms with Crippen molar-refractivity contribution in [3.05, 3.63) is 54.6 Å². The Balaban J connectivity index is 1.69. The van der Waals surface area contributed by atoms with Gasteiger partial charge in [-0.1, -0.05) is 0 Å². The molecule has 5 nitrogen and oxygen atoms in total. The average molecular weight is 332 g/mol. The Labute approximate surface area is 147 Å². The van der Waals surface area contributed by atoms with Crippen LogP contribution in [-0.2, 0) is 6.42 Å². The number of aromatic nitrogens is 3. The van der Waals surface area contributed by atoms with Gasteiger partial charge in [0.05, 0.1) is 7.11 Å². The summed E-state index contributed by atoms with van der Waals surface area (Å²) in [7, 11) is 3.72. The van der Waals surface area contributed by atoms with Crippen LogP contribution >= 0.6 is 0 Å². The van der Waals surface area contributed by atoms with Crippen molar-refractivity contribution in [3.63, 3.8) is 0 Å². The molecule has 4 heterocycles. The summed E-state index contributed by atoms with van der Waals surface area (Å²) in [4.78, 5) is 15.6. The molecule has 3 aromatic rings. The summed E-state index contributed by atoms with van der Waals surface area (Å²) >= 11 is 0. The third-order valence-electron chi connectivity index (χ3n) is 4.59. The number of hydrogen-bond donors (Lipinski definition) is 0. The molecular weight excluding hydrogens is 312 g/mol. The lowest BCUT2D eigenvalue weighted by Crippen LogP contribution is -2.25. The molecule has 0 radical (unpaired) electrons. The van der Waals surface area contributed by atoms with Gasteiger partial charge in [-0.15, -0.1) is 0 Å². The second-order valence-electron chi connectivity index (χ2n) is 6.28. The van der Waals surface area contributed by atoms with Gasteiger partial charge in [-0.05, 0) is 36.6 Å². The number of nitrogens with zero attached hydrogens (tertiary/aromatic N) is 4. The fraction of sp³-hybridized carbons (Fsp3) is 0.250. The van der Waals surface area contributed by atoms with E-state index in [-0.39, 0.29) is 0 Å². The minimum atomic E-state index is 0.607. The lowest BCUT2D eigenvalue weighted by atomic mass is 10.00. The number of rotatable bonds is 3. The summed E-state index contributed by atoms with van der Waals surface area (Å²) in [6.07, 6.45) is 9.73. The van der Waals surface area contributed by atoms with E-state index in [2.05, 4.69) is 39.0 Å². The molecule has 0 aromatic carbocycles. The molecule has 4 rings (SSSR count). The van der Waals surface area contributed by atoms with Gasteiger partial charge in [0.15, 0.2) is 0 Å². The van der Waals surface area contributed by atoms with Crippen LogP contribution in [0.3, 0.4) is 0 Å². The quantitative estimate of drug-likeness (QED) is 0.733. The molecule has 5 heteroatoms. The van der Waals surface area contributed by atoms with E-state index in [9.17, 15) is 0 Å². The first-order chi connectivity index (χ1) is 12.2. The summed E-state index contributed by atoms with van der Waals surface area (Å²) in [6, 6.07) is 8.22. The largest absolute Gasteiger partial charge is 0.481 e. The van der Waals surface area contributed by atoms with E-state index in [0.717, 1.165) is 41.0 Å². The van der Waals surface area contributed by atoms with Crippen LogP contribution in [0, 0.1) is 0 Å². The van der Waals surface area contributed by atoms with Crippen LogP contribution in [0.15, 0.2) is 49.1 Å². The van der Waals surface area contributed by atoms with E-state index in [1.165, 1.54) is 12.0 Å². The lowest BCUT2D eigenvalue weighted by Gasteiger charge is -2.26. The maximum absolute atomic E-state index is 5.12. The van der Waals surface area contributed by atoms with Crippen LogP contribution in [0.4, 0.5) is 5.82 Å². The lowest BCUT2D eigenvalue weighted by molar-refractivity contribution is 0.398. The smallest absolute Gasteiger partial charge is 0.212 e. The van der Waals surface area contributed by atoms with E-state index in [0.29, 0.717) is 5.88 Å². The van der Waals surface area contributed by atoms with Crippen molar-refractivity contribution in [2.45, 2.75) is 12.8 Å². The maximum Gasteiger partial charge on any atom is 0.212 e. The summed E-state index contributed by atoms with van der Waals surface area (Å²) < 4.78 is 5.12. The third kappa shape index (κ3) is 3.05. The third-order valence-corrected chi connectivity index (χ3v) is 4.59. The van der Waals surface area contributed by atoms with Crippen LogP contribution < -0.4 is 9.64 Å². The second kappa shape index (κ2) is 6.51. The highest BCUT2D eigenvalue weighted by molar-refractivity contribution is 5.72. The SMILES string of the molecule is COc1ccc(-c2cncc(-c3cnc4c(c3)CCCN4C)c2)cn1. The van der Waals surface area contributed by atoms with Gasteiger partial charge in [-0.2, -0.15) is 0 Å². The van der Waals surface area contributed by atoms with E-state index in [4.69, 9.17) is 4.74 Å². The zero-order chi connectivity index (χ0) is 17.2. The summed E-state index contributed by atoms with van der Waals surface area (Å²) in [5, 5.41) is 0. The standard InChI is InChI=1S/C20H20N4O/c1-24-7-3-4-14-8-18(13-23-20(14)24)17-9-16(10-21-11-17)15-5-6-19(25-2)22-12-15/h5-6,8-13H,3-4,7H2,1-2H3. The molecule has 0 aliphatic carbocycles.